The first-order valence-corrected chi connectivity index (χ1v) is 8.51. The molecule has 0 aliphatic carbocycles. The summed E-state index contributed by atoms with van der Waals surface area (Å²) in [5.41, 5.74) is 6.70. The van der Waals surface area contributed by atoms with Gasteiger partial charge in [-0.25, -0.2) is 4.98 Å². The zero-order chi connectivity index (χ0) is 16.5. The first kappa shape index (κ1) is 13.0. The molecule has 0 bridgehead atoms. The maximum absolute atomic E-state index is 5.04. The number of hydrogen-bond donors (Lipinski definition) is 1. The SMILES string of the molecule is Cc1ccc2c(c1)c1ccccc1c1nc3c4ccccc4[nH]c3n21. The number of para-hydroxylation sites is 1. The van der Waals surface area contributed by atoms with Crippen LogP contribution < -0.4 is 0 Å². The molecule has 6 aromatic rings. The Hall–Kier alpha value is -3.33. The molecule has 3 heteroatoms. The van der Waals surface area contributed by atoms with Gasteiger partial charge in [0.15, 0.2) is 0 Å². The van der Waals surface area contributed by atoms with Gasteiger partial charge >= 0.3 is 0 Å². The lowest BCUT2D eigenvalue weighted by Crippen LogP contribution is -1.92. The molecule has 0 unspecified atom stereocenters. The van der Waals surface area contributed by atoms with Crippen molar-refractivity contribution in [2.45, 2.75) is 6.92 Å². The number of pyridine rings is 1. The zero-order valence-corrected chi connectivity index (χ0v) is 13.7. The molecule has 6 rings (SSSR count). The number of hydrogen-bond acceptors (Lipinski definition) is 1. The Kier molecular flexibility index (Phi) is 2.29. The third-order valence-electron chi connectivity index (χ3n) is 5.16. The Labute approximate surface area is 143 Å². The molecule has 1 N–H and O–H groups in total. The van der Waals surface area contributed by atoms with Crippen molar-refractivity contribution in [3.05, 3.63) is 72.3 Å². The Balaban J connectivity index is 2.00. The normalized spacial score (nSPS) is 12.2. The van der Waals surface area contributed by atoms with Crippen LogP contribution in [0.5, 0.6) is 0 Å². The van der Waals surface area contributed by atoms with E-state index in [1.165, 1.54) is 32.6 Å². The first-order chi connectivity index (χ1) is 12.3. The number of nitrogens with zero attached hydrogens (tertiary/aromatic N) is 2. The topological polar surface area (TPSA) is 33.1 Å². The van der Waals surface area contributed by atoms with Gasteiger partial charge in [0, 0.05) is 21.7 Å². The van der Waals surface area contributed by atoms with E-state index in [-0.39, 0.29) is 0 Å². The highest BCUT2D eigenvalue weighted by molar-refractivity contribution is 6.16. The van der Waals surface area contributed by atoms with Crippen LogP contribution in [-0.4, -0.2) is 14.4 Å². The van der Waals surface area contributed by atoms with E-state index in [1.807, 2.05) is 0 Å². The second-order valence-electron chi connectivity index (χ2n) is 6.70. The van der Waals surface area contributed by atoms with Crippen LogP contribution >= 0.6 is 0 Å². The third-order valence-corrected chi connectivity index (χ3v) is 5.16. The number of aromatic amines is 1. The highest BCUT2D eigenvalue weighted by Crippen LogP contribution is 2.34. The summed E-state index contributed by atoms with van der Waals surface area (Å²) in [4.78, 5) is 8.61. The highest BCUT2D eigenvalue weighted by atomic mass is 15.1. The van der Waals surface area contributed by atoms with Crippen LogP contribution in [0.2, 0.25) is 0 Å². The zero-order valence-electron chi connectivity index (χ0n) is 13.7. The fraction of sp³-hybridized carbons (Fsp3) is 0.0455. The van der Waals surface area contributed by atoms with Crippen molar-refractivity contribution in [1.29, 1.82) is 0 Å². The van der Waals surface area contributed by atoms with Gasteiger partial charge in [-0.2, -0.15) is 0 Å². The molecule has 0 aliphatic rings. The summed E-state index contributed by atoms with van der Waals surface area (Å²) in [6, 6.07) is 23.6. The van der Waals surface area contributed by atoms with Crippen molar-refractivity contribution in [3.8, 4) is 0 Å². The van der Waals surface area contributed by atoms with Gasteiger partial charge in [0.2, 0.25) is 0 Å². The molecular formula is C22H15N3. The van der Waals surface area contributed by atoms with Crippen molar-refractivity contribution < 1.29 is 0 Å². The van der Waals surface area contributed by atoms with Crippen LogP contribution in [0.25, 0.3) is 49.4 Å². The van der Waals surface area contributed by atoms with Crippen LogP contribution in [0, 0.1) is 6.92 Å². The molecule has 0 atom stereocenters. The monoisotopic (exact) mass is 321 g/mol. The Bertz CT molecular complexity index is 1450. The van der Waals surface area contributed by atoms with Crippen LogP contribution in [0.3, 0.4) is 0 Å². The maximum Gasteiger partial charge on any atom is 0.147 e. The average Bonchev–Trinajstić information content (AvgIpc) is 3.18. The molecule has 3 nitrogen and oxygen atoms in total. The van der Waals surface area contributed by atoms with E-state index >= 15 is 0 Å². The highest BCUT2D eigenvalue weighted by Gasteiger charge is 2.16. The summed E-state index contributed by atoms with van der Waals surface area (Å²) in [5.74, 6) is 0. The summed E-state index contributed by atoms with van der Waals surface area (Å²) >= 11 is 0. The van der Waals surface area contributed by atoms with E-state index in [2.05, 4.69) is 83.0 Å². The molecule has 0 saturated carbocycles. The van der Waals surface area contributed by atoms with Gasteiger partial charge in [-0.05, 0) is 30.5 Å². The van der Waals surface area contributed by atoms with Gasteiger partial charge in [-0.3, -0.25) is 4.40 Å². The second kappa shape index (κ2) is 4.39. The number of aromatic nitrogens is 3. The Morgan fingerprint density at radius 3 is 2.44 bits per heavy atom. The van der Waals surface area contributed by atoms with Crippen molar-refractivity contribution in [2.24, 2.45) is 0 Å². The molecule has 118 valence electrons. The van der Waals surface area contributed by atoms with Gasteiger partial charge < -0.3 is 4.98 Å². The van der Waals surface area contributed by atoms with Crippen molar-refractivity contribution in [2.75, 3.05) is 0 Å². The molecule has 3 aromatic heterocycles. The standard InChI is InChI=1S/C22H15N3/c1-13-10-11-19-17(12-13)14-6-2-3-7-15(14)21-24-20-16-8-4-5-9-18(16)23-22(20)25(19)21/h2-12,23H,1H3. The third kappa shape index (κ3) is 1.57. The molecular weight excluding hydrogens is 306 g/mol. The summed E-state index contributed by atoms with van der Waals surface area (Å²) in [6.07, 6.45) is 0. The van der Waals surface area contributed by atoms with Gasteiger partial charge in [0.25, 0.3) is 0 Å². The number of rotatable bonds is 0. The summed E-state index contributed by atoms with van der Waals surface area (Å²) in [6.45, 7) is 2.14. The minimum atomic E-state index is 1.01. The van der Waals surface area contributed by atoms with Gasteiger partial charge in [-0.1, -0.05) is 54.1 Å². The summed E-state index contributed by atoms with van der Waals surface area (Å²) in [5, 5.41) is 4.88. The predicted molar refractivity (Wildman–Crippen MR) is 104 cm³/mol. The van der Waals surface area contributed by atoms with Crippen LogP contribution in [0.4, 0.5) is 0 Å². The summed E-state index contributed by atoms with van der Waals surface area (Å²) in [7, 11) is 0. The number of benzene rings is 3. The Morgan fingerprint density at radius 2 is 1.56 bits per heavy atom. The lowest BCUT2D eigenvalue weighted by Gasteiger charge is -2.09. The number of fused-ring (bicyclic) bond motifs is 10. The van der Waals surface area contributed by atoms with Gasteiger partial charge in [0.1, 0.15) is 16.8 Å². The predicted octanol–water partition coefficient (Wildman–Crippen LogP) is 5.58. The average molecular weight is 321 g/mol. The van der Waals surface area contributed by atoms with E-state index in [4.69, 9.17) is 4.98 Å². The number of aryl methyl sites for hydroxylation is 1. The number of H-pyrrole nitrogens is 1. The molecule has 0 radical (unpaired) electrons. The van der Waals surface area contributed by atoms with Crippen LogP contribution in [-0.2, 0) is 0 Å². The molecule has 3 heterocycles. The fourth-order valence-electron chi connectivity index (χ4n) is 4.04. The van der Waals surface area contributed by atoms with Crippen molar-refractivity contribution in [3.63, 3.8) is 0 Å². The largest absolute Gasteiger partial charge is 0.339 e. The van der Waals surface area contributed by atoms with E-state index < -0.39 is 0 Å². The molecule has 3 aromatic carbocycles. The second-order valence-corrected chi connectivity index (χ2v) is 6.70. The van der Waals surface area contributed by atoms with Gasteiger partial charge in [-0.15, -0.1) is 0 Å². The lowest BCUT2D eigenvalue weighted by atomic mass is 10.0. The Morgan fingerprint density at radius 1 is 0.800 bits per heavy atom. The lowest BCUT2D eigenvalue weighted by molar-refractivity contribution is 1.27. The number of nitrogens with one attached hydrogen (secondary N) is 1. The van der Waals surface area contributed by atoms with Crippen molar-refractivity contribution in [1.82, 2.24) is 14.4 Å². The molecule has 0 fully saturated rings. The molecule has 0 spiro atoms. The van der Waals surface area contributed by atoms with E-state index in [9.17, 15) is 0 Å². The molecule has 25 heavy (non-hydrogen) atoms. The van der Waals surface area contributed by atoms with Crippen LogP contribution in [0.1, 0.15) is 5.56 Å². The molecule has 0 saturated heterocycles. The van der Waals surface area contributed by atoms with E-state index in [0.29, 0.717) is 0 Å². The fourth-order valence-corrected chi connectivity index (χ4v) is 4.04. The number of imidazole rings is 1. The minimum absolute atomic E-state index is 1.01. The van der Waals surface area contributed by atoms with E-state index in [0.717, 1.165) is 22.3 Å². The minimum Gasteiger partial charge on any atom is -0.339 e. The molecule has 0 amide bonds. The smallest absolute Gasteiger partial charge is 0.147 e. The summed E-state index contributed by atoms with van der Waals surface area (Å²) < 4.78 is 2.27. The quantitative estimate of drug-likeness (QED) is 0.364. The van der Waals surface area contributed by atoms with Crippen molar-refractivity contribution >= 4 is 49.4 Å². The van der Waals surface area contributed by atoms with Crippen LogP contribution in [0.15, 0.2) is 66.7 Å². The van der Waals surface area contributed by atoms with Gasteiger partial charge in [0.05, 0.1) is 5.52 Å². The first-order valence-electron chi connectivity index (χ1n) is 8.51. The van der Waals surface area contributed by atoms with E-state index in [1.54, 1.807) is 0 Å². The maximum atomic E-state index is 5.04. The molecule has 0 aliphatic heterocycles.